The maximum absolute atomic E-state index is 13.5. The van der Waals surface area contributed by atoms with Crippen LogP contribution in [-0.2, 0) is 4.79 Å². The maximum Gasteiger partial charge on any atom is 0.241 e. The number of piperazine rings is 1. The summed E-state index contributed by atoms with van der Waals surface area (Å²) in [7, 11) is 0. The van der Waals surface area contributed by atoms with Crippen molar-refractivity contribution in [2.75, 3.05) is 31.5 Å². The molecule has 4 nitrogen and oxygen atoms in total. The summed E-state index contributed by atoms with van der Waals surface area (Å²) in [5.41, 5.74) is 0.125. The zero-order valence-electron chi connectivity index (χ0n) is 10.7. The van der Waals surface area contributed by atoms with Crippen molar-refractivity contribution in [3.63, 3.8) is 0 Å². The first kappa shape index (κ1) is 14.2. The molecule has 6 heteroatoms. The SMILES string of the molecule is CC(C(=O)Nc1cc(Cl)ccc1F)N1CCNCC1. The smallest absolute Gasteiger partial charge is 0.241 e. The molecule has 1 fully saturated rings. The van der Waals surface area contributed by atoms with Gasteiger partial charge in [0.25, 0.3) is 0 Å². The van der Waals surface area contributed by atoms with E-state index in [9.17, 15) is 9.18 Å². The van der Waals surface area contributed by atoms with Gasteiger partial charge < -0.3 is 10.6 Å². The monoisotopic (exact) mass is 285 g/mol. The van der Waals surface area contributed by atoms with Gasteiger partial charge in [0.2, 0.25) is 5.91 Å². The summed E-state index contributed by atoms with van der Waals surface area (Å²) in [4.78, 5) is 14.2. The van der Waals surface area contributed by atoms with Crippen molar-refractivity contribution in [2.24, 2.45) is 0 Å². The molecule has 1 aliphatic heterocycles. The van der Waals surface area contributed by atoms with E-state index in [1.807, 2.05) is 6.92 Å². The van der Waals surface area contributed by atoms with Crippen LogP contribution >= 0.6 is 11.6 Å². The van der Waals surface area contributed by atoms with E-state index in [0.717, 1.165) is 26.2 Å². The highest BCUT2D eigenvalue weighted by Crippen LogP contribution is 2.20. The number of halogens is 2. The Kier molecular flexibility index (Phi) is 4.74. The lowest BCUT2D eigenvalue weighted by molar-refractivity contribution is -0.121. The van der Waals surface area contributed by atoms with Gasteiger partial charge in [-0.2, -0.15) is 0 Å². The standard InChI is InChI=1S/C13H17ClFN3O/c1-9(18-6-4-16-5-7-18)13(19)17-12-8-10(14)2-3-11(12)15/h2-3,8-9,16H,4-7H2,1H3,(H,17,19). The van der Waals surface area contributed by atoms with Gasteiger partial charge in [-0.25, -0.2) is 4.39 Å². The van der Waals surface area contributed by atoms with Crippen LogP contribution in [0, 0.1) is 5.82 Å². The molecule has 1 saturated heterocycles. The molecule has 19 heavy (non-hydrogen) atoms. The van der Waals surface area contributed by atoms with Crippen LogP contribution in [-0.4, -0.2) is 43.0 Å². The van der Waals surface area contributed by atoms with Crippen molar-refractivity contribution in [3.05, 3.63) is 29.0 Å². The first-order valence-electron chi connectivity index (χ1n) is 6.28. The molecule has 1 heterocycles. The second-order valence-corrected chi connectivity index (χ2v) is 5.01. The second-order valence-electron chi connectivity index (χ2n) is 4.58. The van der Waals surface area contributed by atoms with Gasteiger partial charge in [0.1, 0.15) is 5.82 Å². The van der Waals surface area contributed by atoms with E-state index in [4.69, 9.17) is 11.6 Å². The van der Waals surface area contributed by atoms with Gasteiger partial charge in [0.15, 0.2) is 0 Å². The van der Waals surface area contributed by atoms with Gasteiger partial charge in [0.05, 0.1) is 11.7 Å². The summed E-state index contributed by atoms with van der Waals surface area (Å²) in [5, 5.41) is 6.21. The predicted molar refractivity (Wildman–Crippen MR) is 73.9 cm³/mol. The van der Waals surface area contributed by atoms with Crippen molar-refractivity contribution in [3.8, 4) is 0 Å². The van der Waals surface area contributed by atoms with Crippen molar-refractivity contribution in [1.82, 2.24) is 10.2 Å². The van der Waals surface area contributed by atoms with Crippen molar-refractivity contribution in [1.29, 1.82) is 0 Å². The summed E-state index contributed by atoms with van der Waals surface area (Å²) >= 11 is 5.79. The zero-order chi connectivity index (χ0) is 13.8. The first-order chi connectivity index (χ1) is 9.08. The molecule has 1 aromatic rings. The Hall–Kier alpha value is -1.17. The molecule has 1 atom stereocenters. The average Bonchev–Trinajstić information content (AvgIpc) is 2.43. The largest absolute Gasteiger partial charge is 0.322 e. The predicted octanol–water partition coefficient (Wildman–Crippen LogP) is 1.71. The normalized spacial score (nSPS) is 18.1. The Labute approximate surface area is 116 Å². The van der Waals surface area contributed by atoms with Crippen LogP contribution < -0.4 is 10.6 Å². The number of benzene rings is 1. The Morgan fingerprint density at radius 3 is 2.84 bits per heavy atom. The molecule has 0 radical (unpaired) electrons. The van der Waals surface area contributed by atoms with Crippen LogP contribution in [0.4, 0.5) is 10.1 Å². The fraction of sp³-hybridized carbons (Fsp3) is 0.462. The number of carbonyl (C=O) groups is 1. The molecule has 0 spiro atoms. The minimum Gasteiger partial charge on any atom is -0.322 e. The summed E-state index contributed by atoms with van der Waals surface area (Å²) in [5.74, 6) is -0.701. The molecular formula is C13H17ClFN3O. The molecule has 0 bridgehead atoms. The van der Waals surface area contributed by atoms with Crippen molar-refractivity contribution < 1.29 is 9.18 Å². The maximum atomic E-state index is 13.5. The molecule has 0 saturated carbocycles. The van der Waals surface area contributed by atoms with E-state index in [-0.39, 0.29) is 17.6 Å². The van der Waals surface area contributed by atoms with Crippen LogP contribution in [0.5, 0.6) is 0 Å². The zero-order valence-corrected chi connectivity index (χ0v) is 11.5. The Bertz CT molecular complexity index is 463. The molecule has 104 valence electrons. The molecule has 0 aliphatic carbocycles. The van der Waals surface area contributed by atoms with Crippen molar-refractivity contribution in [2.45, 2.75) is 13.0 Å². The third kappa shape index (κ3) is 3.65. The highest BCUT2D eigenvalue weighted by Gasteiger charge is 2.23. The molecule has 1 unspecified atom stereocenters. The van der Waals surface area contributed by atoms with Crippen LogP contribution in [0.3, 0.4) is 0 Å². The van der Waals surface area contributed by atoms with E-state index in [2.05, 4.69) is 15.5 Å². The lowest BCUT2D eigenvalue weighted by Crippen LogP contribution is -2.51. The average molecular weight is 286 g/mol. The van der Waals surface area contributed by atoms with Gasteiger partial charge >= 0.3 is 0 Å². The highest BCUT2D eigenvalue weighted by atomic mass is 35.5. The van der Waals surface area contributed by atoms with E-state index in [0.29, 0.717) is 5.02 Å². The molecule has 1 aliphatic rings. The van der Waals surface area contributed by atoms with Gasteiger partial charge in [-0.15, -0.1) is 0 Å². The van der Waals surface area contributed by atoms with E-state index < -0.39 is 5.82 Å². The van der Waals surface area contributed by atoms with Crippen LogP contribution in [0.15, 0.2) is 18.2 Å². The summed E-state index contributed by atoms with van der Waals surface area (Å²) in [6, 6.07) is 3.82. The number of anilines is 1. The third-order valence-electron chi connectivity index (χ3n) is 3.27. The lowest BCUT2D eigenvalue weighted by Gasteiger charge is -2.31. The second kappa shape index (κ2) is 6.32. The molecule has 2 N–H and O–H groups in total. The minimum atomic E-state index is -0.481. The number of carbonyl (C=O) groups excluding carboxylic acids is 1. The fourth-order valence-electron chi connectivity index (χ4n) is 2.07. The van der Waals surface area contributed by atoms with E-state index in [1.165, 1.54) is 18.2 Å². The number of nitrogens with one attached hydrogen (secondary N) is 2. The van der Waals surface area contributed by atoms with Gasteiger partial charge in [-0.3, -0.25) is 9.69 Å². The van der Waals surface area contributed by atoms with Crippen LogP contribution in [0.2, 0.25) is 5.02 Å². The van der Waals surface area contributed by atoms with Gasteiger partial charge in [-0.05, 0) is 25.1 Å². The number of hydrogen-bond donors (Lipinski definition) is 2. The molecule has 1 amide bonds. The van der Waals surface area contributed by atoms with E-state index >= 15 is 0 Å². The lowest BCUT2D eigenvalue weighted by atomic mass is 10.2. The van der Waals surface area contributed by atoms with E-state index in [1.54, 1.807) is 0 Å². The van der Waals surface area contributed by atoms with Crippen LogP contribution in [0.25, 0.3) is 0 Å². The molecular weight excluding hydrogens is 269 g/mol. The topological polar surface area (TPSA) is 44.4 Å². The number of nitrogens with zero attached hydrogens (tertiary/aromatic N) is 1. The quantitative estimate of drug-likeness (QED) is 0.889. The number of hydrogen-bond acceptors (Lipinski definition) is 3. The van der Waals surface area contributed by atoms with Gasteiger partial charge in [0, 0.05) is 31.2 Å². The molecule has 0 aromatic heterocycles. The number of rotatable bonds is 3. The molecule has 2 rings (SSSR count). The first-order valence-corrected chi connectivity index (χ1v) is 6.66. The summed E-state index contributed by atoms with van der Waals surface area (Å²) in [6.07, 6.45) is 0. The summed E-state index contributed by atoms with van der Waals surface area (Å²) < 4.78 is 13.5. The Balaban J connectivity index is 2.01. The summed E-state index contributed by atoms with van der Waals surface area (Å²) in [6.45, 7) is 5.18. The highest BCUT2D eigenvalue weighted by molar-refractivity contribution is 6.30. The van der Waals surface area contributed by atoms with Gasteiger partial charge in [-0.1, -0.05) is 11.6 Å². The minimum absolute atomic E-state index is 0.125. The fourth-order valence-corrected chi connectivity index (χ4v) is 2.24. The molecule has 1 aromatic carbocycles. The van der Waals surface area contributed by atoms with Crippen molar-refractivity contribution >= 4 is 23.2 Å². The Morgan fingerprint density at radius 2 is 2.16 bits per heavy atom. The number of amides is 1. The van der Waals surface area contributed by atoms with Crippen LogP contribution in [0.1, 0.15) is 6.92 Å². The third-order valence-corrected chi connectivity index (χ3v) is 3.50. The Morgan fingerprint density at radius 1 is 1.47 bits per heavy atom.